The van der Waals surface area contributed by atoms with Gasteiger partial charge in [0.2, 0.25) is 5.91 Å². The van der Waals surface area contributed by atoms with Crippen molar-refractivity contribution in [2.45, 2.75) is 26.7 Å². The van der Waals surface area contributed by atoms with Crippen LogP contribution in [-0.2, 0) is 4.79 Å². The highest BCUT2D eigenvalue weighted by Crippen LogP contribution is 2.17. The van der Waals surface area contributed by atoms with Gasteiger partial charge in [-0.3, -0.25) is 4.79 Å². The number of anilines is 1. The molecule has 0 saturated carbocycles. The van der Waals surface area contributed by atoms with Gasteiger partial charge < -0.3 is 5.32 Å². The lowest BCUT2D eigenvalue weighted by Gasteiger charge is -2.11. The minimum Gasteiger partial charge on any atom is -0.326 e. The van der Waals surface area contributed by atoms with Crippen molar-refractivity contribution in [2.75, 3.05) is 5.32 Å². The number of hydrogen-bond acceptors (Lipinski definition) is 1. The third-order valence-electron chi connectivity index (χ3n) is 2.26. The molecule has 0 heterocycles. The van der Waals surface area contributed by atoms with E-state index in [1.165, 1.54) is 0 Å². The molecule has 1 atom stereocenters. The lowest BCUT2D eigenvalue weighted by Crippen LogP contribution is -2.20. The molecule has 0 aliphatic heterocycles. The first-order chi connectivity index (χ1) is 7.13. The van der Waals surface area contributed by atoms with Crippen LogP contribution in [0.1, 0.15) is 26.7 Å². The Bertz CT molecular complexity index is 338. The fraction of sp³-hybridized carbons (Fsp3) is 0.417. The standard InChI is InChI=1S/C12H16BrNO/c1-3-5-9(2)12(15)14-11-7-4-6-10(13)8-11/h4,6-9H,3,5H2,1-2H3,(H,14,15)/t9-/m1/s1. The van der Waals surface area contributed by atoms with Gasteiger partial charge in [0.25, 0.3) is 0 Å². The third-order valence-corrected chi connectivity index (χ3v) is 2.75. The van der Waals surface area contributed by atoms with Crippen LogP contribution in [0.4, 0.5) is 5.69 Å². The largest absolute Gasteiger partial charge is 0.326 e. The van der Waals surface area contributed by atoms with Crippen molar-refractivity contribution >= 4 is 27.5 Å². The molecule has 0 aromatic heterocycles. The molecule has 0 spiro atoms. The SMILES string of the molecule is CCC[C@@H](C)C(=O)Nc1cccc(Br)c1. The second-order valence-electron chi connectivity index (χ2n) is 3.69. The predicted octanol–water partition coefficient (Wildman–Crippen LogP) is 3.82. The van der Waals surface area contributed by atoms with Gasteiger partial charge in [-0.15, -0.1) is 0 Å². The van der Waals surface area contributed by atoms with Gasteiger partial charge in [0.05, 0.1) is 0 Å². The van der Waals surface area contributed by atoms with Crippen LogP contribution in [0.15, 0.2) is 28.7 Å². The summed E-state index contributed by atoms with van der Waals surface area (Å²) in [5, 5.41) is 2.90. The number of carbonyl (C=O) groups is 1. The van der Waals surface area contributed by atoms with Gasteiger partial charge in [-0.25, -0.2) is 0 Å². The first kappa shape index (κ1) is 12.2. The molecule has 15 heavy (non-hydrogen) atoms. The smallest absolute Gasteiger partial charge is 0.227 e. The topological polar surface area (TPSA) is 29.1 Å². The van der Waals surface area contributed by atoms with E-state index in [4.69, 9.17) is 0 Å². The zero-order valence-corrected chi connectivity index (χ0v) is 10.7. The van der Waals surface area contributed by atoms with Gasteiger partial charge in [-0.05, 0) is 24.6 Å². The van der Waals surface area contributed by atoms with Gasteiger partial charge in [-0.2, -0.15) is 0 Å². The monoisotopic (exact) mass is 269 g/mol. The van der Waals surface area contributed by atoms with Crippen molar-refractivity contribution in [3.63, 3.8) is 0 Å². The molecular formula is C12H16BrNO. The van der Waals surface area contributed by atoms with E-state index in [1.807, 2.05) is 31.2 Å². The molecule has 0 saturated heterocycles. The first-order valence-corrected chi connectivity index (χ1v) is 5.99. The summed E-state index contributed by atoms with van der Waals surface area (Å²) in [7, 11) is 0. The predicted molar refractivity (Wildman–Crippen MR) is 66.8 cm³/mol. The van der Waals surface area contributed by atoms with Crippen molar-refractivity contribution in [3.8, 4) is 0 Å². The molecule has 3 heteroatoms. The second-order valence-corrected chi connectivity index (χ2v) is 4.60. The first-order valence-electron chi connectivity index (χ1n) is 5.20. The van der Waals surface area contributed by atoms with E-state index >= 15 is 0 Å². The Labute approximate surface area is 99.2 Å². The third kappa shape index (κ3) is 4.04. The van der Waals surface area contributed by atoms with Crippen LogP contribution in [0.25, 0.3) is 0 Å². The molecule has 1 amide bonds. The Morgan fingerprint density at radius 3 is 2.87 bits per heavy atom. The van der Waals surface area contributed by atoms with Crippen LogP contribution >= 0.6 is 15.9 Å². The maximum Gasteiger partial charge on any atom is 0.227 e. The second kappa shape index (κ2) is 5.91. The van der Waals surface area contributed by atoms with Crippen molar-refractivity contribution in [1.82, 2.24) is 0 Å². The Balaban J connectivity index is 2.58. The Hall–Kier alpha value is -0.830. The fourth-order valence-electron chi connectivity index (χ4n) is 1.40. The number of halogens is 1. The van der Waals surface area contributed by atoms with Gasteiger partial charge in [0.15, 0.2) is 0 Å². The zero-order chi connectivity index (χ0) is 11.3. The normalized spacial score (nSPS) is 12.2. The molecular weight excluding hydrogens is 254 g/mol. The highest BCUT2D eigenvalue weighted by molar-refractivity contribution is 9.10. The highest BCUT2D eigenvalue weighted by atomic mass is 79.9. The minimum absolute atomic E-state index is 0.0778. The molecule has 1 aromatic carbocycles. The van der Waals surface area contributed by atoms with E-state index in [0.29, 0.717) is 0 Å². The average Bonchev–Trinajstić information content (AvgIpc) is 2.18. The fourth-order valence-corrected chi connectivity index (χ4v) is 1.80. The van der Waals surface area contributed by atoms with Gasteiger partial charge >= 0.3 is 0 Å². The van der Waals surface area contributed by atoms with E-state index in [-0.39, 0.29) is 11.8 Å². The molecule has 0 radical (unpaired) electrons. The summed E-state index contributed by atoms with van der Waals surface area (Å²) in [4.78, 5) is 11.7. The van der Waals surface area contributed by atoms with Crippen molar-refractivity contribution in [1.29, 1.82) is 0 Å². The molecule has 2 nitrogen and oxygen atoms in total. The van der Waals surface area contributed by atoms with Gasteiger partial charge in [0.1, 0.15) is 0 Å². The van der Waals surface area contributed by atoms with Crippen LogP contribution in [-0.4, -0.2) is 5.91 Å². The van der Waals surface area contributed by atoms with E-state index in [0.717, 1.165) is 23.0 Å². The van der Waals surface area contributed by atoms with Gasteiger partial charge in [0, 0.05) is 16.1 Å². The molecule has 82 valence electrons. The van der Waals surface area contributed by atoms with E-state index in [2.05, 4.69) is 28.2 Å². The van der Waals surface area contributed by atoms with Gasteiger partial charge in [-0.1, -0.05) is 42.3 Å². The van der Waals surface area contributed by atoms with Crippen LogP contribution in [0.2, 0.25) is 0 Å². The lowest BCUT2D eigenvalue weighted by molar-refractivity contribution is -0.119. The summed E-state index contributed by atoms with van der Waals surface area (Å²) >= 11 is 3.37. The highest BCUT2D eigenvalue weighted by Gasteiger charge is 2.11. The van der Waals surface area contributed by atoms with E-state index in [9.17, 15) is 4.79 Å². The Morgan fingerprint density at radius 2 is 2.27 bits per heavy atom. The quantitative estimate of drug-likeness (QED) is 0.885. The number of rotatable bonds is 4. The molecule has 0 bridgehead atoms. The molecule has 1 rings (SSSR count). The summed E-state index contributed by atoms with van der Waals surface area (Å²) < 4.78 is 0.975. The van der Waals surface area contributed by atoms with Crippen LogP contribution in [0.5, 0.6) is 0 Å². The maximum absolute atomic E-state index is 11.7. The van der Waals surface area contributed by atoms with Crippen molar-refractivity contribution < 1.29 is 4.79 Å². The summed E-state index contributed by atoms with van der Waals surface area (Å²) in [6, 6.07) is 7.63. The summed E-state index contributed by atoms with van der Waals surface area (Å²) in [5.41, 5.74) is 0.845. The summed E-state index contributed by atoms with van der Waals surface area (Å²) in [6.07, 6.45) is 1.97. The zero-order valence-electron chi connectivity index (χ0n) is 9.09. The van der Waals surface area contributed by atoms with E-state index in [1.54, 1.807) is 0 Å². The van der Waals surface area contributed by atoms with Crippen LogP contribution in [0, 0.1) is 5.92 Å². The number of benzene rings is 1. The molecule has 0 aliphatic carbocycles. The average molecular weight is 270 g/mol. The number of carbonyl (C=O) groups excluding carboxylic acids is 1. The molecule has 0 fully saturated rings. The molecule has 0 aliphatic rings. The number of hydrogen-bond donors (Lipinski definition) is 1. The van der Waals surface area contributed by atoms with Crippen LogP contribution in [0.3, 0.4) is 0 Å². The minimum atomic E-state index is 0.0778. The summed E-state index contributed by atoms with van der Waals surface area (Å²) in [5.74, 6) is 0.170. The molecule has 1 N–H and O–H groups in total. The van der Waals surface area contributed by atoms with Crippen molar-refractivity contribution in [3.05, 3.63) is 28.7 Å². The molecule has 1 aromatic rings. The summed E-state index contributed by atoms with van der Waals surface area (Å²) in [6.45, 7) is 4.04. The Morgan fingerprint density at radius 1 is 1.53 bits per heavy atom. The molecule has 0 unspecified atom stereocenters. The van der Waals surface area contributed by atoms with E-state index < -0.39 is 0 Å². The number of nitrogens with one attached hydrogen (secondary N) is 1. The Kier molecular flexibility index (Phi) is 4.82. The maximum atomic E-state index is 11.7. The number of amides is 1. The lowest BCUT2D eigenvalue weighted by atomic mass is 10.1. The van der Waals surface area contributed by atoms with Crippen molar-refractivity contribution in [2.24, 2.45) is 5.92 Å². The van der Waals surface area contributed by atoms with Crippen LogP contribution < -0.4 is 5.32 Å².